The van der Waals surface area contributed by atoms with Crippen LogP contribution in [0.4, 0.5) is 0 Å². The Morgan fingerprint density at radius 3 is 3.00 bits per heavy atom. The third kappa shape index (κ3) is 2.07. The van der Waals surface area contributed by atoms with E-state index in [-0.39, 0.29) is 0 Å². The summed E-state index contributed by atoms with van der Waals surface area (Å²) in [5.74, 6) is 0. The van der Waals surface area contributed by atoms with Gasteiger partial charge in [-0.25, -0.2) is 4.98 Å². The first-order valence-electron chi connectivity index (χ1n) is 6.54. The van der Waals surface area contributed by atoms with E-state index in [9.17, 15) is 0 Å². The summed E-state index contributed by atoms with van der Waals surface area (Å²) in [4.78, 5) is 4.45. The standard InChI is InChI=1S/C14H19N3/c1-2-17-10-16-13-8-11(6-7-14(13)17)9-15-12-4-3-5-12/h6-8,10,12,15H,2-5,9H2,1H3. The van der Waals surface area contributed by atoms with Crippen LogP contribution in [0.15, 0.2) is 24.5 Å². The fraction of sp³-hybridized carbons (Fsp3) is 0.500. The average Bonchev–Trinajstić information content (AvgIpc) is 2.69. The number of imidazole rings is 1. The molecule has 1 aromatic carbocycles. The predicted molar refractivity (Wildman–Crippen MR) is 69.9 cm³/mol. The van der Waals surface area contributed by atoms with E-state index in [1.165, 1.54) is 30.3 Å². The van der Waals surface area contributed by atoms with Gasteiger partial charge >= 0.3 is 0 Å². The van der Waals surface area contributed by atoms with E-state index >= 15 is 0 Å². The monoisotopic (exact) mass is 229 g/mol. The first-order chi connectivity index (χ1) is 8.36. The summed E-state index contributed by atoms with van der Waals surface area (Å²) in [5, 5.41) is 3.59. The second-order valence-electron chi connectivity index (χ2n) is 4.86. The number of rotatable bonds is 4. The summed E-state index contributed by atoms with van der Waals surface area (Å²) >= 11 is 0. The molecule has 3 heteroatoms. The highest BCUT2D eigenvalue weighted by Gasteiger charge is 2.16. The van der Waals surface area contributed by atoms with Crippen molar-refractivity contribution in [2.24, 2.45) is 0 Å². The quantitative estimate of drug-likeness (QED) is 0.873. The number of aryl methyl sites for hydroxylation is 1. The fourth-order valence-electron chi connectivity index (χ4n) is 2.35. The molecule has 90 valence electrons. The zero-order valence-electron chi connectivity index (χ0n) is 10.3. The molecule has 0 bridgehead atoms. The third-order valence-corrected chi connectivity index (χ3v) is 3.73. The molecule has 0 amide bonds. The van der Waals surface area contributed by atoms with Crippen LogP contribution in [-0.4, -0.2) is 15.6 Å². The topological polar surface area (TPSA) is 29.9 Å². The number of nitrogens with one attached hydrogen (secondary N) is 1. The summed E-state index contributed by atoms with van der Waals surface area (Å²) in [6.07, 6.45) is 5.99. The molecule has 1 aliphatic rings. The van der Waals surface area contributed by atoms with E-state index in [0.29, 0.717) is 0 Å². The van der Waals surface area contributed by atoms with Crippen LogP contribution in [-0.2, 0) is 13.1 Å². The second kappa shape index (κ2) is 4.49. The van der Waals surface area contributed by atoms with Gasteiger partial charge in [0.05, 0.1) is 17.4 Å². The van der Waals surface area contributed by atoms with Crippen LogP contribution >= 0.6 is 0 Å². The molecule has 17 heavy (non-hydrogen) atoms. The first kappa shape index (κ1) is 10.8. The molecule has 0 atom stereocenters. The Morgan fingerprint density at radius 2 is 2.29 bits per heavy atom. The fourth-order valence-corrected chi connectivity index (χ4v) is 2.35. The Bertz CT molecular complexity index is 511. The molecular weight excluding hydrogens is 210 g/mol. The Labute approximate surface area is 102 Å². The molecule has 1 aromatic heterocycles. The smallest absolute Gasteiger partial charge is 0.0958 e. The largest absolute Gasteiger partial charge is 0.331 e. The van der Waals surface area contributed by atoms with Gasteiger partial charge in [-0.15, -0.1) is 0 Å². The summed E-state index contributed by atoms with van der Waals surface area (Å²) in [6, 6.07) is 7.34. The maximum Gasteiger partial charge on any atom is 0.0958 e. The minimum absolute atomic E-state index is 0.749. The molecule has 1 N–H and O–H groups in total. The summed E-state index contributed by atoms with van der Waals surface area (Å²) in [5.41, 5.74) is 3.69. The van der Waals surface area contributed by atoms with Gasteiger partial charge in [0.15, 0.2) is 0 Å². The van der Waals surface area contributed by atoms with Crippen molar-refractivity contribution in [1.29, 1.82) is 0 Å². The molecule has 1 aliphatic carbocycles. The maximum atomic E-state index is 4.45. The van der Waals surface area contributed by atoms with Gasteiger partial charge in [0.1, 0.15) is 0 Å². The van der Waals surface area contributed by atoms with Crippen molar-refractivity contribution in [2.45, 2.75) is 45.3 Å². The molecule has 0 radical (unpaired) electrons. The molecule has 0 saturated heterocycles. The maximum absolute atomic E-state index is 4.45. The molecule has 1 saturated carbocycles. The van der Waals surface area contributed by atoms with Crippen LogP contribution in [0, 0.1) is 0 Å². The van der Waals surface area contributed by atoms with Crippen LogP contribution in [0.3, 0.4) is 0 Å². The van der Waals surface area contributed by atoms with Gasteiger partial charge in [0.2, 0.25) is 0 Å². The Kier molecular flexibility index (Phi) is 2.85. The van der Waals surface area contributed by atoms with Gasteiger partial charge < -0.3 is 9.88 Å². The number of hydrogen-bond acceptors (Lipinski definition) is 2. The molecule has 0 unspecified atom stereocenters. The summed E-state index contributed by atoms with van der Waals surface area (Å²) in [7, 11) is 0. The molecular formula is C14H19N3. The van der Waals surface area contributed by atoms with E-state index in [2.05, 4.69) is 40.0 Å². The van der Waals surface area contributed by atoms with E-state index in [0.717, 1.165) is 24.6 Å². The minimum atomic E-state index is 0.749. The lowest BCUT2D eigenvalue weighted by molar-refractivity contribution is 0.338. The lowest BCUT2D eigenvalue weighted by Gasteiger charge is -2.26. The summed E-state index contributed by atoms with van der Waals surface area (Å²) < 4.78 is 2.18. The lowest BCUT2D eigenvalue weighted by Crippen LogP contribution is -2.34. The number of benzene rings is 1. The zero-order chi connectivity index (χ0) is 11.7. The van der Waals surface area contributed by atoms with Crippen molar-refractivity contribution in [2.75, 3.05) is 0 Å². The average molecular weight is 229 g/mol. The van der Waals surface area contributed by atoms with E-state index in [1.807, 2.05) is 6.33 Å². The normalized spacial score (nSPS) is 16.3. The molecule has 3 nitrogen and oxygen atoms in total. The van der Waals surface area contributed by atoms with Gasteiger partial charge in [0.25, 0.3) is 0 Å². The highest BCUT2D eigenvalue weighted by Crippen LogP contribution is 2.19. The van der Waals surface area contributed by atoms with Gasteiger partial charge in [-0.1, -0.05) is 12.5 Å². The highest BCUT2D eigenvalue weighted by molar-refractivity contribution is 5.76. The minimum Gasteiger partial charge on any atom is -0.331 e. The molecule has 0 aliphatic heterocycles. The van der Waals surface area contributed by atoms with Crippen LogP contribution < -0.4 is 5.32 Å². The highest BCUT2D eigenvalue weighted by atomic mass is 15.0. The van der Waals surface area contributed by atoms with Gasteiger partial charge in [-0.05, 0) is 37.5 Å². The van der Waals surface area contributed by atoms with Crippen molar-refractivity contribution in [1.82, 2.24) is 14.9 Å². The Morgan fingerprint density at radius 1 is 1.41 bits per heavy atom. The van der Waals surface area contributed by atoms with Crippen LogP contribution in [0.25, 0.3) is 11.0 Å². The number of nitrogens with zero attached hydrogens (tertiary/aromatic N) is 2. The van der Waals surface area contributed by atoms with Crippen molar-refractivity contribution in [3.05, 3.63) is 30.1 Å². The van der Waals surface area contributed by atoms with Gasteiger partial charge in [-0.2, -0.15) is 0 Å². The molecule has 2 aromatic rings. The number of fused-ring (bicyclic) bond motifs is 1. The summed E-state index contributed by atoms with van der Waals surface area (Å²) in [6.45, 7) is 4.10. The number of hydrogen-bond donors (Lipinski definition) is 1. The number of aromatic nitrogens is 2. The van der Waals surface area contributed by atoms with Crippen LogP contribution in [0.2, 0.25) is 0 Å². The third-order valence-electron chi connectivity index (χ3n) is 3.73. The molecule has 3 rings (SSSR count). The Balaban J connectivity index is 1.76. The molecule has 0 spiro atoms. The van der Waals surface area contributed by atoms with Gasteiger partial charge in [0, 0.05) is 19.1 Å². The second-order valence-corrected chi connectivity index (χ2v) is 4.86. The van der Waals surface area contributed by atoms with Crippen molar-refractivity contribution in [3.63, 3.8) is 0 Å². The molecule has 1 fully saturated rings. The Hall–Kier alpha value is -1.35. The first-order valence-corrected chi connectivity index (χ1v) is 6.54. The van der Waals surface area contributed by atoms with E-state index in [1.54, 1.807) is 0 Å². The predicted octanol–water partition coefficient (Wildman–Crippen LogP) is 2.70. The molecule has 1 heterocycles. The van der Waals surface area contributed by atoms with Gasteiger partial charge in [-0.3, -0.25) is 0 Å². The van der Waals surface area contributed by atoms with Crippen molar-refractivity contribution < 1.29 is 0 Å². The zero-order valence-corrected chi connectivity index (χ0v) is 10.3. The van der Waals surface area contributed by atoms with Crippen molar-refractivity contribution in [3.8, 4) is 0 Å². The van der Waals surface area contributed by atoms with Crippen LogP contribution in [0.5, 0.6) is 0 Å². The van der Waals surface area contributed by atoms with Crippen molar-refractivity contribution >= 4 is 11.0 Å². The SMILES string of the molecule is CCn1cnc2cc(CNC3CCC3)ccc21. The van der Waals surface area contributed by atoms with E-state index in [4.69, 9.17) is 0 Å². The lowest BCUT2D eigenvalue weighted by atomic mass is 9.93. The van der Waals surface area contributed by atoms with E-state index < -0.39 is 0 Å². The van der Waals surface area contributed by atoms with Crippen LogP contribution in [0.1, 0.15) is 31.7 Å².